The summed E-state index contributed by atoms with van der Waals surface area (Å²) in [4.78, 5) is 17.1. The van der Waals surface area contributed by atoms with Crippen LogP contribution in [0.5, 0.6) is 0 Å². The van der Waals surface area contributed by atoms with E-state index >= 15 is 0 Å². The van der Waals surface area contributed by atoms with Gasteiger partial charge in [0, 0.05) is 25.6 Å². The number of hydrogen-bond acceptors (Lipinski definition) is 3. The highest BCUT2D eigenvalue weighted by Crippen LogP contribution is 2.22. The summed E-state index contributed by atoms with van der Waals surface area (Å²) in [5.41, 5.74) is 5.82. The molecule has 1 amide bonds. The molecule has 0 saturated carbocycles. The van der Waals surface area contributed by atoms with Crippen LogP contribution in [-0.4, -0.2) is 54.5 Å². The zero-order valence-corrected chi connectivity index (χ0v) is 13.2. The fraction of sp³-hybridized carbons (Fsp3) is 0.938. The van der Waals surface area contributed by atoms with Crippen molar-refractivity contribution in [3.05, 3.63) is 0 Å². The van der Waals surface area contributed by atoms with Crippen molar-refractivity contribution in [3.63, 3.8) is 0 Å². The second-order valence-electron chi connectivity index (χ2n) is 6.96. The average Bonchev–Trinajstić information content (AvgIpc) is 3.07. The predicted octanol–water partition coefficient (Wildman–Crippen LogP) is 1.69. The van der Waals surface area contributed by atoms with Crippen LogP contribution >= 0.6 is 0 Å². The number of rotatable bonds is 6. The van der Waals surface area contributed by atoms with Crippen LogP contribution in [0, 0.1) is 11.8 Å². The molecule has 4 heteroatoms. The maximum absolute atomic E-state index is 12.4. The zero-order chi connectivity index (χ0) is 14.5. The second-order valence-corrected chi connectivity index (χ2v) is 6.96. The molecule has 2 aliphatic heterocycles. The smallest absolute Gasteiger partial charge is 0.222 e. The van der Waals surface area contributed by atoms with Crippen LogP contribution in [-0.2, 0) is 4.79 Å². The number of likely N-dealkylation sites (tertiary alicyclic amines) is 2. The number of hydrogen-bond donors (Lipinski definition) is 1. The number of nitrogens with zero attached hydrogens (tertiary/aromatic N) is 2. The molecule has 0 aromatic carbocycles. The Labute approximate surface area is 123 Å². The highest BCUT2D eigenvalue weighted by molar-refractivity contribution is 5.76. The van der Waals surface area contributed by atoms with Crippen LogP contribution in [0.15, 0.2) is 0 Å². The van der Waals surface area contributed by atoms with E-state index in [1.807, 2.05) is 0 Å². The van der Waals surface area contributed by atoms with Gasteiger partial charge in [0.25, 0.3) is 0 Å². The molecular weight excluding hydrogens is 250 g/mol. The molecule has 116 valence electrons. The van der Waals surface area contributed by atoms with E-state index in [0.717, 1.165) is 25.9 Å². The summed E-state index contributed by atoms with van der Waals surface area (Å²) in [5.74, 6) is 1.29. The van der Waals surface area contributed by atoms with Gasteiger partial charge in [-0.15, -0.1) is 0 Å². The van der Waals surface area contributed by atoms with E-state index in [9.17, 15) is 4.79 Å². The normalized spacial score (nSPS) is 25.6. The van der Waals surface area contributed by atoms with E-state index in [1.54, 1.807) is 0 Å². The maximum Gasteiger partial charge on any atom is 0.222 e. The Kier molecular flexibility index (Phi) is 5.85. The molecule has 0 aromatic heterocycles. The van der Waals surface area contributed by atoms with Gasteiger partial charge < -0.3 is 10.6 Å². The van der Waals surface area contributed by atoms with Crippen molar-refractivity contribution in [1.29, 1.82) is 0 Å². The highest BCUT2D eigenvalue weighted by Gasteiger charge is 2.32. The molecule has 0 radical (unpaired) electrons. The number of nitrogens with two attached hydrogens (primary N) is 1. The number of carbonyl (C=O) groups is 1. The van der Waals surface area contributed by atoms with Gasteiger partial charge in [-0.3, -0.25) is 9.69 Å². The third-order valence-corrected chi connectivity index (χ3v) is 4.77. The Hall–Kier alpha value is -0.610. The molecule has 2 fully saturated rings. The maximum atomic E-state index is 12.4. The lowest BCUT2D eigenvalue weighted by Crippen LogP contribution is -2.38. The number of amides is 1. The molecule has 20 heavy (non-hydrogen) atoms. The Morgan fingerprint density at radius 2 is 1.95 bits per heavy atom. The molecular formula is C16H31N3O. The molecule has 4 nitrogen and oxygen atoms in total. The van der Waals surface area contributed by atoms with Crippen LogP contribution in [0.1, 0.15) is 46.0 Å². The van der Waals surface area contributed by atoms with E-state index in [0.29, 0.717) is 36.8 Å². The van der Waals surface area contributed by atoms with Crippen LogP contribution in [0.25, 0.3) is 0 Å². The van der Waals surface area contributed by atoms with Gasteiger partial charge in [0.2, 0.25) is 5.91 Å². The van der Waals surface area contributed by atoms with Crippen molar-refractivity contribution in [2.45, 2.75) is 52.0 Å². The first-order valence-electron chi connectivity index (χ1n) is 8.32. The minimum Gasteiger partial charge on any atom is -0.341 e. The summed E-state index contributed by atoms with van der Waals surface area (Å²) in [6.07, 6.45) is 5.51. The molecule has 0 aromatic rings. The lowest BCUT2D eigenvalue weighted by molar-refractivity contribution is -0.131. The molecule has 0 aliphatic carbocycles. The predicted molar refractivity (Wildman–Crippen MR) is 82.4 cm³/mol. The minimum atomic E-state index is 0.322. The highest BCUT2D eigenvalue weighted by atomic mass is 16.2. The molecule has 2 atom stereocenters. The van der Waals surface area contributed by atoms with Gasteiger partial charge in [0.05, 0.1) is 0 Å². The lowest BCUT2D eigenvalue weighted by Gasteiger charge is -2.25. The standard InChI is InChI=1S/C16H31N3O/c1-13(2)9-14(11-17)10-16(20)19-8-5-15(12-19)18-6-3-4-7-18/h13-15H,3-12,17H2,1-2H3/t14-,15?/m0/s1. The molecule has 0 spiro atoms. The van der Waals surface area contributed by atoms with Crippen LogP contribution in [0.4, 0.5) is 0 Å². The molecule has 2 rings (SSSR count). The van der Waals surface area contributed by atoms with Crippen molar-refractivity contribution >= 4 is 5.91 Å². The van der Waals surface area contributed by atoms with Crippen molar-refractivity contribution in [2.24, 2.45) is 17.6 Å². The van der Waals surface area contributed by atoms with Crippen molar-refractivity contribution < 1.29 is 4.79 Å². The fourth-order valence-corrected chi connectivity index (χ4v) is 3.68. The first kappa shape index (κ1) is 15.8. The van der Waals surface area contributed by atoms with Gasteiger partial charge in [-0.1, -0.05) is 13.8 Å². The Morgan fingerprint density at radius 1 is 1.25 bits per heavy atom. The van der Waals surface area contributed by atoms with E-state index in [4.69, 9.17) is 5.73 Å². The van der Waals surface area contributed by atoms with Gasteiger partial charge in [-0.2, -0.15) is 0 Å². The largest absolute Gasteiger partial charge is 0.341 e. The third-order valence-electron chi connectivity index (χ3n) is 4.77. The summed E-state index contributed by atoms with van der Waals surface area (Å²) in [5, 5.41) is 0. The molecule has 0 bridgehead atoms. The van der Waals surface area contributed by atoms with Gasteiger partial charge in [0.15, 0.2) is 0 Å². The summed E-state index contributed by atoms with van der Waals surface area (Å²) in [6, 6.07) is 0.614. The molecule has 2 aliphatic rings. The molecule has 2 heterocycles. The van der Waals surface area contributed by atoms with Crippen LogP contribution < -0.4 is 5.73 Å². The second kappa shape index (κ2) is 7.41. The van der Waals surface area contributed by atoms with Gasteiger partial charge in [-0.25, -0.2) is 0 Å². The summed E-state index contributed by atoms with van der Waals surface area (Å²) >= 11 is 0. The Bertz CT molecular complexity index is 313. The topological polar surface area (TPSA) is 49.6 Å². The third kappa shape index (κ3) is 4.19. The van der Waals surface area contributed by atoms with Crippen molar-refractivity contribution in [3.8, 4) is 0 Å². The number of carbonyl (C=O) groups excluding carboxylic acids is 1. The molecule has 1 unspecified atom stereocenters. The van der Waals surface area contributed by atoms with E-state index in [2.05, 4.69) is 23.6 Å². The average molecular weight is 281 g/mol. The van der Waals surface area contributed by atoms with E-state index in [-0.39, 0.29) is 0 Å². The monoisotopic (exact) mass is 281 g/mol. The van der Waals surface area contributed by atoms with Gasteiger partial charge in [0.1, 0.15) is 0 Å². The minimum absolute atomic E-state index is 0.322. The van der Waals surface area contributed by atoms with Crippen molar-refractivity contribution in [1.82, 2.24) is 9.80 Å². The van der Waals surface area contributed by atoms with Gasteiger partial charge in [-0.05, 0) is 57.2 Å². The summed E-state index contributed by atoms with van der Waals surface area (Å²) in [6.45, 7) is 9.37. The Balaban J connectivity index is 1.78. The van der Waals surface area contributed by atoms with Crippen LogP contribution in [0.3, 0.4) is 0 Å². The molecule has 2 N–H and O–H groups in total. The van der Waals surface area contributed by atoms with E-state index in [1.165, 1.54) is 25.9 Å². The quantitative estimate of drug-likeness (QED) is 0.806. The lowest BCUT2D eigenvalue weighted by atomic mass is 9.94. The fourth-order valence-electron chi connectivity index (χ4n) is 3.68. The van der Waals surface area contributed by atoms with Gasteiger partial charge >= 0.3 is 0 Å². The van der Waals surface area contributed by atoms with E-state index < -0.39 is 0 Å². The molecule has 2 saturated heterocycles. The SMILES string of the molecule is CC(C)C[C@H](CN)CC(=O)N1CCC(N2CCCC2)C1. The first-order chi connectivity index (χ1) is 9.60. The zero-order valence-electron chi connectivity index (χ0n) is 13.2. The Morgan fingerprint density at radius 3 is 2.55 bits per heavy atom. The summed E-state index contributed by atoms with van der Waals surface area (Å²) in [7, 11) is 0. The van der Waals surface area contributed by atoms with Crippen LogP contribution in [0.2, 0.25) is 0 Å². The van der Waals surface area contributed by atoms with Crippen molar-refractivity contribution in [2.75, 3.05) is 32.7 Å². The summed E-state index contributed by atoms with van der Waals surface area (Å²) < 4.78 is 0. The first-order valence-corrected chi connectivity index (χ1v) is 8.32.